The molecular formula is C71H67ClN30O3S. The summed E-state index contributed by atoms with van der Waals surface area (Å²) in [6, 6.07) is 19.7. The topological polar surface area (TPSA) is 365 Å². The highest BCUT2D eigenvalue weighted by atomic mass is 35.5. The van der Waals surface area contributed by atoms with Gasteiger partial charge < -0.3 is 41.7 Å². The third-order valence-electron chi connectivity index (χ3n) is 16.9. The number of halogens is 1. The molecule has 16 heterocycles. The van der Waals surface area contributed by atoms with Crippen molar-refractivity contribution in [3.63, 3.8) is 0 Å². The molecule has 33 nitrogen and oxygen atoms in total. The Bertz CT molecular complexity index is 5930. The molecule has 35 heteroatoms. The molecule has 0 saturated carbocycles. The summed E-state index contributed by atoms with van der Waals surface area (Å²) in [6.45, 7) is 6.86. The van der Waals surface area contributed by atoms with Crippen molar-refractivity contribution in [1.82, 2.24) is 127 Å². The molecule has 532 valence electrons. The van der Waals surface area contributed by atoms with E-state index in [0.717, 1.165) is 122 Å². The van der Waals surface area contributed by atoms with Crippen molar-refractivity contribution in [3.05, 3.63) is 219 Å². The van der Waals surface area contributed by atoms with Gasteiger partial charge in [0.1, 0.15) is 15.8 Å². The van der Waals surface area contributed by atoms with Crippen molar-refractivity contribution >= 4 is 97.0 Å². The number of aromatic hydroxyl groups is 1. The van der Waals surface area contributed by atoms with Crippen molar-refractivity contribution in [2.75, 3.05) is 47.5 Å². The molecular weight excluding hydrogens is 1390 g/mol. The van der Waals surface area contributed by atoms with E-state index in [0.29, 0.717) is 45.4 Å². The molecule has 1 unspecified atom stereocenters. The SMILES string of the molecule is CCOC(=O)c1nsc(Nc2nccn3c(-c4cnn(C)c4)cnc23)c1Cl.Cc1cc(Nc2nccn3c(-c4cnn(C)c4)cnc23)ccn1.Cn1cc(-c2cnc3c(Nc4ccc(O)c(-c5ccn[nH]5)c4)nccn23)cn1.Cn1cc(-c2cnc3c(Nc4cccc(C5CNCCN5)c4)nccn23)cn1. The lowest BCUT2D eigenvalue weighted by atomic mass is 10.0. The monoisotopic (exact) mass is 1450 g/mol. The van der Waals surface area contributed by atoms with Gasteiger partial charge in [-0.1, -0.05) is 23.7 Å². The maximum Gasteiger partial charge on any atom is 0.359 e. The maximum atomic E-state index is 11.9. The van der Waals surface area contributed by atoms with Crippen LogP contribution in [0.25, 0.3) is 78.9 Å². The average molecular weight is 1460 g/mol. The fourth-order valence-corrected chi connectivity index (χ4v) is 12.9. The quantitative estimate of drug-likeness (QED) is 0.0329. The van der Waals surface area contributed by atoms with Crippen molar-refractivity contribution in [2.45, 2.75) is 19.9 Å². The highest BCUT2D eigenvalue weighted by Crippen LogP contribution is 2.36. The van der Waals surface area contributed by atoms with Gasteiger partial charge in [0.25, 0.3) is 0 Å². The number of anilines is 8. The number of aromatic nitrogens is 24. The van der Waals surface area contributed by atoms with Crippen LogP contribution in [0, 0.1) is 6.92 Å². The smallest absolute Gasteiger partial charge is 0.359 e. The second-order valence-corrected chi connectivity index (χ2v) is 25.3. The normalized spacial score (nSPS) is 12.7. The second-order valence-electron chi connectivity index (χ2n) is 24.2. The summed E-state index contributed by atoms with van der Waals surface area (Å²) in [5.74, 6) is 2.14. The molecule has 17 aromatic rings. The van der Waals surface area contributed by atoms with Gasteiger partial charge in [-0.2, -0.15) is 29.9 Å². The Balaban J connectivity index is 0.000000114. The van der Waals surface area contributed by atoms with E-state index in [1.165, 1.54) is 5.56 Å². The average Bonchev–Trinajstić information content (AvgIpc) is 1.67. The zero-order chi connectivity index (χ0) is 72.8. The molecule has 106 heavy (non-hydrogen) atoms. The molecule has 1 atom stereocenters. The fourth-order valence-electron chi connectivity index (χ4n) is 11.9. The van der Waals surface area contributed by atoms with Crippen LogP contribution in [-0.2, 0) is 32.9 Å². The molecule has 1 saturated heterocycles. The number of nitrogens with zero attached hydrogens (tertiary/aromatic N) is 23. The Morgan fingerprint density at radius 2 is 1.04 bits per heavy atom. The molecule has 18 rings (SSSR count). The van der Waals surface area contributed by atoms with Crippen molar-refractivity contribution in [2.24, 2.45) is 28.2 Å². The third kappa shape index (κ3) is 14.6. The number of hydrogen-bond acceptors (Lipinski definition) is 25. The molecule has 0 amide bonds. The number of imidazole rings is 4. The van der Waals surface area contributed by atoms with Gasteiger partial charge in [-0.15, -0.1) is 0 Å². The first-order valence-corrected chi connectivity index (χ1v) is 34.3. The molecule has 1 aliphatic rings. The van der Waals surface area contributed by atoms with Gasteiger partial charge in [-0.3, -0.25) is 46.4 Å². The zero-order valence-electron chi connectivity index (χ0n) is 57.7. The Hall–Kier alpha value is -13.6. The predicted molar refractivity (Wildman–Crippen MR) is 402 cm³/mol. The van der Waals surface area contributed by atoms with Crippen LogP contribution < -0.4 is 31.9 Å². The van der Waals surface area contributed by atoms with Crippen molar-refractivity contribution < 1.29 is 14.6 Å². The highest BCUT2D eigenvalue weighted by Gasteiger charge is 2.23. The molecule has 15 aromatic heterocycles. The number of aromatic amines is 1. The van der Waals surface area contributed by atoms with Crippen molar-refractivity contribution in [1.29, 1.82) is 0 Å². The van der Waals surface area contributed by atoms with E-state index in [4.69, 9.17) is 16.3 Å². The van der Waals surface area contributed by atoms with Gasteiger partial charge in [0.15, 0.2) is 51.6 Å². The number of carbonyl (C=O) groups is 1. The summed E-state index contributed by atoms with van der Waals surface area (Å²) in [5, 5.41) is 54.6. The molecule has 2 aromatic carbocycles. The number of pyridine rings is 1. The first kappa shape index (κ1) is 68.2. The number of rotatable bonds is 16. The third-order valence-corrected chi connectivity index (χ3v) is 18.1. The lowest BCUT2D eigenvalue weighted by Crippen LogP contribution is -2.42. The summed E-state index contributed by atoms with van der Waals surface area (Å²) in [6.07, 6.45) is 40.0. The van der Waals surface area contributed by atoms with Crippen LogP contribution in [0.1, 0.15) is 34.7 Å². The van der Waals surface area contributed by atoms with Crippen LogP contribution in [0.15, 0.2) is 197 Å². The van der Waals surface area contributed by atoms with Crippen LogP contribution >= 0.6 is 23.1 Å². The molecule has 0 bridgehead atoms. The lowest BCUT2D eigenvalue weighted by molar-refractivity contribution is 0.0521. The van der Waals surface area contributed by atoms with Crippen LogP contribution in [-0.4, -0.2) is 153 Å². The van der Waals surface area contributed by atoms with Crippen LogP contribution in [0.2, 0.25) is 5.02 Å². The van der Waals surface area contributed by atoms with Crippen LogP contribution in [0.5, 0.6) is 5.75 Å². The number of hydrogen-bond donors (Lipinski definition) is 8. The van der Waals surface area contributed by atoms with E-state index in [1.807, 2.05) is 145 Å². The summed E-state index contributed by atoms with van der Waals surface area (Å²) >= 11 is 7.33. The number of benzene rings is 2. The number of phenols is 1. The fraction of sp³-hybridized carbons (Fsp3) is 0.155. The maximum absolute atomic E-state index is 11.9. The minimum atomic E-state index is -0.558. The van der Waals surface area contributed by atoms with Gasteiger partial charge in [0.2, 0.25) is 0 Å². The zero-order valence-corrected chi connectivity index (χ0v) is 59.3. The molecule has 0 radical (unpaired) electrons. The van der Waals surface area contributed by atoms with Crippen molar-refractivity contribution in [3.8, 4) is 62.0 Å². The Kier molecular flexibility index (Phi) is 19.4. The largest absolute Gasteiger partial charge is 0.507 e. The van der Waals surface area contributed by atoms with E-state index in [-0.39, 0.29) is 23.1 Å². The van der Waals surface area contributed by atoms with E-state index in [2.05, 4.69) is 136 Å². The van der Waals surface area contributed by atoms with E-state index >= 15 is 0 Å². The number of piperazine rings is 1. The first-order valence-electron chi connectivity index (χ1n) is 33.2. The summed E-state index contributed by atoms with van der Waals surface area (Å²) < 4.78 is 23.9. The van der Waals surface area contributed by atoms with E-state index < -0.39 is 5.97 Å². The Morgan fingerprint density at radius 1 is 0.557 bits per heavy atom. The summed E-state index contributed by atoms with van der Waals surface area (Å²) in [4.78, 5) is 51.8. The van der Waals surface area contributed by atoms with Gasteiger partial charge in [-0.05, 0) is 79.5 Å². The van der Waals surface area contributed by atoms with Crippen LogP contribution in [0.4, 0.5) is 45.3 Å². The minimum Gasteiger partial charge on any atom is -0.507 e. The first-order chi connectivity index (χ1) is 51.7. The number of H-pyrrole nitrogens is 1. The number of fused-ring (bicyclic) bond motifs is 4. The van der Waals surface area contributed by atoms with Gasteiger partial charge in [-0.25, -0.2) is 44.7 Å². The number of aryl methyl sites for hydroxylation is 5. The minimum absolute atomic E-state index is 0.0809. The number of carbonyl (C=O) groups excluding carboxylic acids is 1. The number of esters is 1. The standard InChI is InChI=1S/C20H22N8.C19H16N8O.C16H14ClN7O2S.C16H15N7/c1-27-13-15(10-25-27)18-12-24-20-19(23-7-8-28(18)20)26-16-4-2-3-14(9-16)17-11-21-5-6-22-17;1-26-11-12(9-23-26)16-10-21-19-18(20-6-7-27(16)19)24-13-2-3-17(28)14(8-13)15-4-5-22-25-15;1-3-26-16(25)12-11(17)15(27-22-12)21-13-14-19-7-10(24(14)5-4-18-13)9-6-20-23(2)8-9;1-11-7-13(3-4-17-11)21-15-16-19-9-14(23(16)6-5-18-15)12-8-20-22(2)10-12/h2-4,7-10,12-13,17,21-22H,5-6,11H2,1H3,(H,23,26);2-11,28H,1H3,(H,20,24)(H,22,25);4-8H,3H2,1-2H3,(H,18,21);3-10H,1-2H3,(H,17,18,21). The molecule has 1 fully saturated rings. The predicted octanol–water partition coefficient (Wildman–Crippen LogP) is 10.8. The summed E-state index contributed by atoms with van der Waals surface area (Å²) in [7, 11) is 7.54. The molecule has 0 spiro atoms. The van der Waals surface area contributed by atoms with Gasteiger partial charge in [0.05, 0.1) is 84.7 Å². The van der Waals surface area contributed by atoms with E-state index in [1.54, 1.807) is 106 Å². The number of ether oxygens (including phenoxy) is 1. The summed E-state index contributed by atoms with van der Waals surface area (Å²) in [5.41, 5.74) is 16.9. The van der Waals surface area contributed by atoms with Gasteiger partial charge >= 0.3 is 5.97 Å². The Morgan fingerprint density at radius 3 is 1.47 bits per heavy atom. The molecule has 0 aliphatic carbocycles. The molecule has 8 N–H and O–H groups in total. The van der Waals surface area contributed by atoms with Gasteiger partial charge in [0, 0.05) is 191 Å². The lowest BCUT2D eigenvalue weighted by Gasteiger charge is -2.25. The molecule has 1 aliphatic heterocycles. The highest BCUT2D eigenvalue weighted by molar-refractivity contribution is 7.11. The second kappa shape index (κ2) is 30.2. The van der Waals surface area contributed by atoms with Crippen LogP contribution in [0.3, 0.4) is 0 Å². The Labute approximate surface area is 611 Å². The number of phenolic OH excluding ortho intramolecular Hbond substituents is 1. The van der Waals surface area contributed by atoms with E-state index in [9.17, 15) is 9.90 Å². The number of nitrogens with one attached hydrogen (secondary N) is 7.